The van der Waals surface area contributed by atoms with E-state index >= 15 is 0 Å². The summed E-state index contributed by atoms with van der Waals surface area (Å²) in [4.78, 5) is 19.3. The van der Waals surface area contributed by atoms with Crippen LogP contribution in [0.2, 0.25) is 10.0 Å². The number of alkyl halides is 1. The van der Waals surface area contributed by atoms with Crippen LogP contribution in [0.1, 0.15) is 26.2 Å². The number of nitrogens with zero attached hydrogens (tertiary/aromatic N) is 2. The lowest BCUT2D eigenvalue weighted by Crippen LogP contribution is -2.54. The molecule has 0 bridgehead atoms. The Kier molecular flexibility index (Phi) is 10.6. The molecule has 2 fully saturated rings. The average molecular weight is 542 g/mol. The van der Waals surface area contributed by atoms with E-state index in [9.17, 15) is 9.18 Å². The van der Waals surface area contributed by atoms with Crippen LogP contribution in [0.25, 0.3) is 0 Å². The second kappa shape index (κ2) is 13.4. The van der Waals surface area contributed by atoms with Gasteiger partial charge in [0, 0.05) is 55.8 Å². The number of amides is 1. The van der Waals surface area contributed by atoms with Crippen molar-refractivity contribution in [3.63, 3.8) is 0 Å². The van der Waals surface area contributed by atoms with E-state index in [1.54, 1.807) is 37.1 Å². The van der Waals surface area contributed by atoms with Gasteiger partial charge in [0.05, 0.1) is 22.8 Å². The van der Waals surface area contributed by atoms with Gasteiger partial charge in [-0.05, 0) is 44.4 Å². The van der Waals surface area contributed by atoms with Gasteiger partial charge in [-0.1, -0.05) is 29.8 Å². The Bertz CT molecular complexity index is 1010. The summed E-state index contributed by atoms with van der Waals surface area (Å²) < 4.78 is 24.2. The number of nitrogens with two attached hydrogens (primary N) is 1. The Hall–Kier alpha value is -2.17. The van der Waals surface area contributed by atoms with Crippen LogP contribution in [0.5, 0.6) is 0 Å². The first-order valence-corrected chi connectivity index (χ1v) is 12.7. The molecule has 1 aromatic carbocycles. The fraction of sp³-hybridized carbons (Fsp3) is 0.520. The number of likely N-dealkylation sites (tertiary alicyclic amines) is 1. The zero-order valence-corrected chi connectivity index (χ0v) is 22.2. The summed E-state index contributed by atoms with van der Waals surface area (Å²) in [6.07, 6.45) is 2.45. The second-order valence-electron chi connectivity index (χ2n) is 8.92. The number of piperidine rings is 1. The quantitative estimate of drug-likeness (QED) is 0.189. The molecule has 2 aliphatic heterocycles. The summed E-state index contributed by atoms with van der Waals surface area (Å²) in [5.41, 5.74) is 7.23. The number of allylic oxidation sites excluding steroid dienone is 1. The maximum Gasteiger partial charge on any atom is 0.272 e. The second-order valence-corrected chi connectivity index (χ2v) is 9.73. The predicted molar refractivity (Wildman–Crippen MR) is 142 cm³/mol. The van der Waals surface area contributed by atoms with Crippen molar-refractivity contribution in [2.24, 2.45) is 10.7 Å². The van der Waals surface area contributed by atoms with Crippen LogP contribution in [0.15, 0.2) is 46.7 Å². The molecule has 0 spiro atoms. The van der Waals surface area contributed by atoms with Gasteiger partial charge >= 0.3 is 0 Å². The number of hydrogen-bond donors (Lipinski definition) is 3. The number of nitrogens with one attached hydrogen (secondary N) is 2. The summed E-state index contributed by atoms with van der Waals surface area (Å²) in [6.45, 7) is 7.10. The molecule has 4 N–H and O–H groups in total. The molecule has 0 unspecified atom stereocenters. The summed E-state index contributed by atoms with van der Waals surface area (Å²) in [6, 6.07) is 5.51. The molecule has 36 heavy (non-hydrogen) atoms. The zero-order valence-electron chi connectivity index (χ0n) is 20.7. The molecule has 198 valence electrons. The molecule has 11 heteroatoms. The summed E-state index contributed by atoms with van der Waals surface area (Å²) in [7, 11) is 1.69. The van der Waals surface area contributed by atoms with Gasteiger partial charge in [0.15, 0.2) is 0 Å². The summed E-state index contributed by atoms with van der Waals surface area (Å²) in [5.74, 6) is -0.595. The SMILES string of the molecule is C=C(Nc1ccc(Cl)c(Cl)c1)/C(C)=C(\N=C(/N)CF)C(=O)N1CCC(N[C@H]2CCOC[C@H]2OC)CC1. The molecule has 1 amide bonds. The van der Waals surface area contributed by atoms with Gasteiger partial charge in [-0.3, -0.25) is 4.79 Å². The number of carbonyl (C=O) groups excluding carboxylic acids is 1. The smallest absolute Gasteiger partial charge is 0.272 e. The third kappa shape index (κ3) is 7.43. The minimum atomic E-state index is -0.964. The standard InChI is InChI=1S/C25H34Cl2FN5O3/c1-15(16(2)30-18-4-5-19(26)20(27)12-18)24(32-23(29)13-28)25(34)33-9-6-17(7-10-33)31-21-8-11-36-14-22(21)35-3/h4-5,12,17,21-22,30-31H,2,6-11,13-14H2,1,3H3,(H2,29,32)/b24-15-/t21-,22+/m0/s1. The number of aliphatic imine (C=N–C) groups is 1. The maximum atomic E-state index is 13.5. The van der Waals surface area contributed by atoms with Crippen molar-refractivity contribution in [1.29, 1.82) is 0 Å². The number of halogens is 3. The average Bonchev–Trinajstić information content (AvgIpc) is 2.89. The highest BCUT2D eigenvalue weighted by Gasteiger charge is 2.31. The van der Waals surface area contributed by atoms with E-state index in [2.05, 4.69) is 22.2 Å². The third-order valence-corrected chi connectivity index (χ3v) is 7.20. The number of benzene rings is 1. The minimum Gasteiger partial charge on any atom is -0.385 e. The van der Waals surface area contributed by atoms with E-state index in [0.717, 1.165) is 19.3 Å². The third-order valence-electron chi connectivity index (χ3n) is 6.46. The van der Waals surface area contributed by atoms with Crippen LogP contribution < -0.4 is 16.4 Å². The van der Waals surface area contributed by atoms with E-state index in [4.69, 9.17) is 38.4 Å². The summed E-state index contributed by atoms with van der Waals surface area (Å²) >= 11 is 12.1. The van der Waals surface area contributed by atoms with Crippen LogP contribution in [-0.2, 0) is 14.3 Å². The molecular weight excluding hydrogens is 508 g/mol. The minimum absolute atomic E-state index is 0.0163. The molecule has 0 saturated carbocycles. The van der Waals surface area contributed by atoms with Crippen molar-refractivity contribution in [3.05, 3.63) is 51.8 Å². The van der Waals surface area contributed by atoms with Crippen molar-refractivity contribution < 1.29 is 18.7 Å². The molecule has 3 rings (SSSR count). The van der Waals surface area contributed by atoms with Gasteiger partial charge in [0.2, 0.25) is 0 Å². The van der Waals surface area contributed by atoms with E-state index < -0.39 is 6.67 Å². The van der Waals surface area contributed by atoms with Crippen LogP contribution >= 0.6 is 23.2 Å². The first-order chi connectivity index (χ1) is 17.2. The highest BCUT2D eigenvalue weighted by molar-refractivity contribution is 6.42. The lowest BCUT2D eigenvalue weighted by molar-refractivity contribution is -0.128. The van der Waals surface area contributed by atoms with E-state index in [1.165, 1.54) is 0 Å². The molecule has 0 radical (unpaired) electrons. The molecule has 2 heterocycles. The normalized spacial score (nSPS) is 22.2. The van der Waals surface area contributed by atoms with Gasteiger partial charge < -0.3 is 30.7 Å². The number of amidine groups is 1. The Morgan fingerprint density at radius 1 is 1.31 bits per heavy atom. The highest BCUT2D eigenvalue weighted by atomic mass is 35.5. The van der Waals surface area contributed by atoms with E-state index in [0.29, 0.717) is 53.3 Å². The van der Waals surface area contributed by atoms with Crippen molar-refractivity contribution >= 4 is 40.6 Å². The fourth-order valence-electron chi connectivity index (χ4n) is 4.29. The Morgan fingerprint density at radius 2 is 2.03 bits per heavy atom. The maximum absolute atomic E-state index is 13.5. The monoisotopic (exact) mass is 541 g/mol. The number of methoxy groups -OCH3 is 1. The number of anilines is 1. The lowest BCUT2D eigenvalue weighted by atomic mass is 9.99. The Morgan fingerprint density at radius 3 is 2.67 bits per heavy atom. The highest BCUT2D eigenvalue weighted by Crippen LogP contribution is 2.27. The van der Waals surface area contributed by atoms with E-state index in [1.807, 2.05) is 0 Å². The Labute approximate surface area is 221 Å². The van der Waals surface area contributed by atoms with Crippen LogP contribution in [-0.4, -0.2) is 74.9 Å². The van der Waals surface area contributed by atoms with Gasteiger partial charge in [-0.15, -0.1) is 0 Å². The summed E-state index contributed by atoms with van der Waals surface area (Å²) in [5, 5.41) is 7.56. The number of hydrogen-bond acceptors (Lipinski definition) is 6. The Balaban J connectivity index is 1.70. The van der Waals surface area contributed by atoms with Crippen molar-refractivity contribution in [2.45, 2.75) is 44.4 Å². The van der Waals surface area contributed by atoms with Crippen molar-refractivity contribution in [1.82, 2.24) is 10.2 Å². The van der Waals surface area contributed by atoms with Crippen molar-refractivity contribution in [2.75, 3.05) is 45.4 Å². The van der Waals surface area contributed by atoms with Gasteiger partial charge in [-0.2, -0.15) is 0 Å². The fourth-order valence-corrected chi connectivity index (χ4v) is 4.59. The van der Waals surface area contributed by atoms with Crippen LogP contribution in [0.3, 0.4) is 0 Å². The molecule has 0 aromatic heterocycles. The topological polar surface area (TPSA) is 101 Å². The number of ether oxygens (including phenoxy) is 2. The van der Waals surface area contributed by atoms with Crippen LogP contribution in [0, 0.1) is 0 Å². The van der Waals surface area contributed by atoms with Gasteiger partial charge in [-0.25, -0.2) is 9.38 Å². The molecule has 2 saturated heterocycles. The lowest BCUT2D eigenvalue weighted by Gasteiger charge is -2.38. The number of rotatable bonds is 9. The molecule has 2 atom stereocenters. The largest absolute Gasteiger partial charge is 0.385 e. The number of carbonyl (C=O) groups is 1. The molecule has 2 aliphatic rings. The first kappa shape index (κ1) is 28.4. The van der Waals surface area contributed by atoms with Crippen molar-refractivity contribution in [3.8, 4) is 0 Å². The first-order valence-electron chi connectivity index (χ1n) is 11.9. The van der Waals surface area contributed by atoms with Gasteiger partial charge in [0.1, 0.15) is 18.2 Å². The van der Waals surface area contributed by atoms with Crippen LogP contribution in [0.4, 0.5) is 10.1 Å². The zero-order chi connectivity index (χ0) is 26.2. The van der Waals surface area contributed by atoms with Gasteiger partial charge in [0.25, 0.3) is 5.91 Å². The molecule has 1 aromatic rings. The van der Waals surface area contributed by atoms with E-state index in [-0.39, 0.29) is 35.6 Å². The molecule has 0 aliphatic carbocycles. The predicted octanol–water partition coefficient (Wildman–Crippen LogP) is 3.90. The molecule has 8 nitrogen and oxygen atoms in total. The molecular formula is C25H34Cl2FN5O3.